The van der Waals surface area contributed by atoms with Gasteiger partial charge in [0.1, 0.15) is 6.33 Å². The van der Waals surface area contributed by atoms with Crippen molar-refractivity contribution < 1.29 is 9.59 Å². The predicted molar refractivity (Wildman–Crippen MR) is 128 cm³/mol. The number of hydrogen-bond acceptors (Lipinski definition) is 5. The summed E-state index contributed by atoms with van der Waals surface area (Å²) in [6, 6.07) is 0. The molecule has 1 aromatic rings. The molecule has 0 aromatic carbocycles. The lowest BCUT2D eigenvalue weighted by Gasteiger charge is -2.56. The van der Waals surface area contributed by atoms with E-state index in [0.717, 1.165) is 38.5 Å². The number of carbonyl (C=O) groups is 2. The summed E-state index contributed by atoms with van der Waals surface area (Å²) in [5.41, 5.74) is -0.478. The van der Waals surface area contributed by atoms with E-state index in [1.54, 1.807) is 23.9 Å². The van der Waals surface area contributed by atoms with Crippen LogP contribution in [0.2, 0.25) is 0 Å². The van der Waals surface area contributed by atoms with Gasteiger partial charge in [-0.1, -0.05) is 0 Å². The van der Waals surface area contributed by atoms with Crippen LogP contribution in [0.4, 0.5) is 11.9 Å². The van der Waals surface area contributed by atoms with E-state index in [2.05, 4.69) is 15.0 Å². The van der Waals surface area contributed by atoms with Crippen LogP contribution >= 0.6 is 0 Å². The first-order chi connectivity index (χ1) is 16.3. The van der Waals surface area contributed by atoms with Crippen molar-refractivity contribution in [1.29, 1.82) is 0 Å². The molecule has 0 aliphatic heterocycles. The van der Waals surface area contributed by atoms with Crippen molar-refractivity contribution in [3.05, 3.63) is 6.33 Å². The monoisotopic (exact) mass is 463 g/mol. The lowest BCUT2D eigenvalue weighted by Crippen LogP contribution is -2.54. The van der Waals surface area contributed by atoms with Crippen LogP contribution in [-0.4, -0.2) is 40.9 Å². The predicted octanol–water partition coefficient (Wildman–Crippen LogP) is 4.23. The van der Waals surface area contributed by atoms with Gasteiger partial charge in [-0.25, -0.2) is 9.97 Å². The van der Waals surface area contributed by atoms with Gasteiger partial charge in [-0.05, 0) is 113 Å². The highest BCUT2D eigenvalue weighted by Crippen LogP contribution is 2.61. The summed E-state index contributed by atoms with van der Waals surface area (Å²) in [4.78, 5) is 44.3. The van der Waals surface area contributed by atoms with Gasteiger partial charge in [0.25, 0.3) is 0 Å². The van der Waals surface area contributed by atoms with Crippen molar-refractivity contribution in [3.8, 4) is 0 Å². The highest BCUT2D eigenvalue weighted by molar-refractivity contribution is 5.97. The molecule has 7 nitrogen and oxygen atoms in total. The molecule has 1 heterocycles. The topological polar surface area (TPSA) is 79.3 Å². The van der Waals surface area contributed by atoms with Gasteiger partial charge in [-0.3, -0.25) is 19.4 Å². The Morgan fingerprint density at radius 2 is 0.941 bits per heavy atom. The number of rotatable bonds is 4. The molecule has 0 radical (unpaired) electrons. The first-order valence-corrected chi connectivity index (χ1v) is 13.6. The zero-order chi connectivity index (χ0) is 23.2. The SMILES string of the molecule is CN(C(=O)C12CC3CC(CC(C3)C1)C2)c1ncnc(N(C)C(=O)C23CC4CC(CC(C4)C2)C3)n1. The van der Waals surface area contributed by atoms with Gasteiger partial charge in [0.2, 0.25) is 23.7 Å². The van der Waals surface area contributed by atoms with E-state index in [1.165, 1.54) is 44.9 Å². The molecule has 0 atom stereocenters. The van der Waals surface area contributed by atoms with E-state index in [9.17, 15) is 9.59 Å². The van der Waals surface area contributed by atoms with Gasteiger partial charge in [-0.15, -0.1) is 0 Å². The van der Waals surface area contributed by atoms with Gasteiger partial charge in [0.15, 0.2) is 0 Å². The van der Waals surface area contributed by atoms with Gasteiger partial charge in [-0.2, -0.15) is 4.98 Å². The fourth-order valence-corrected chi connectivity index (χ4v) is 10.2. The summed E-state index contributed by atoms with van der Waals surface area (Å²) in [7, 11) is 3.61. The van der Waals surface area contributed by atoms with Gasteiger partial charge >= 0.3 is 0 Å². The number of carbonyl (C=O) groups excluding carboxylic acids is 2. The minimum Gasteiger partial charge on any atom is -0.283 e. The average molecular weight is 464 g/mol. The van der Waals surface area contributed by atoms with Crippen LogP contribution in [0, 0.1) is 46.3 Å². The first kappa shape index (κ1) is 21.3. The Bertz CT molecular complexity index is 890. The molecule has 8 saturated carbocycles. The first-order valence-electron chi connectivity index (χ1n) is 13.6. The molecule has 9 rings (SSSR count). The fourth-order valence-electron chi connectivity index (χ4n) is 10.2. The van der Waals surface area contributed by atoms with Crippen molar-refractivity contribution in [2.45, 2.75) is 77.0 Å². The Labute approximate surface area is 202 Å². The van der Waals surface area contributed by atoms with E-state index in [0.29, 0.717) is 47.4 Å². The van der Waals surface area contributed by atoms with Gasteiger partial charge in [0.05, 0.1) is 10.8 Å². The minimum atomic E-state index is -0.239. The molecule has 0 saturated heterocycles. The van der Waals surface area contributed by atoms with E-state index in [1.807, 2.05) is 0 Å². The standard InChI is InChI=1S/C27H37N5O2/c1-31(22(33)26-9-16-3-17(10-26)5-18(4-16)11-26)24-28-15-29-25(30-24)32(2)23(34)27-12-19-6-20(13-27)8-21(7-19)14-27/h15-21H,3-14H2,1-2H3. The molecule has 0 spiro atoms. The van der Waals surface area contributed by atoms with Crippen LogP contribution in [0.15, 0.2) is 6.33 Å². The second kappa shape index (κ2) is 7.23. The van der Waals surface area contributed by atoms with Crippen molar-refractivity contribution in [1.82, 2.24) is 15.0 Å². The molecule has 8 bridgehead atoms. The molecule has 0 N–H and O–H groups in total. The minimum absolute atomic E-state index is 0.166. The molecular formula is C27H37N5O2. The Balaban J connectivity index is 1.12. The van der Waals surface area contributed by atoms with Crippen LogP contribution < -0.4 is 9.80 Å². The largest absolute Gasteiger partial charge is 0.283 e. The van der Waals surface area contributed by atoms with Crippen molar-refractivity contribution in [2.75, 3.05) is 23.9 Å². The molecule has 182 valence electrons. The second-order valence-corrected chi connectivity index (χ2v) is 13.2. The van der Waals surface area contributed by atoms with Crippen LogP contribution in [0.3, 0.4) is 0 Å². The Morgan fingerprint density at radius 1 is 0.647 bits per heavy atom. The molecule has 1 aromatic heterocycles. The van der Waals surface area contributed by atoms with Crippen LogP contribution in [0.1, 0.15) is 77.0 Å². The number of nitrogens with zero attached hydrogens (tertiary/aromatic N) is 5. The highest BCUT2D eigenvalue weighted by atomic mass is 16.2. The molecule has 2 amide bonds. The Hall–Kier alpha value is -2.05. The molecule has 8 aliphatic carbocycles. The van der Waals surface area contributed by atoms with Crippen molar-refractivity contribution in [3.63, 3.8) is 0 Å². The summed E-state index contributed by atoms with van der Waals surface area (Å²) in [5, 5.41) is 0. The molecule has 8 fully saturated rings. The second-order valence-electron chi connectivity index (χ2n) is 13.2. The third-order valence-electron chi connectivity index (χ3n) is 10.7. The van der Waals surface area contributed by atoms with E-state index >= 15 is 0 Å². The Kier molecular flexibility index (Phi) is 4.52. The number of amides is 2. The molecule has 7 heteroatoms. The van der Waals surface area contributed by atoms with Crippen molar-refractivity contribution in [2.24, 2.45) is 46.3 Å². The maximum absolute atomic E-state index is 13.8. The quantitative estimate of drug-likeness (QED) is 0.668. The summed E-state index contributed by atoms with van der Waals surface area (Å²) in [5.74, 6) is 5.33. The van der Waals surface area contributed by atoms with Crippen LogP contribution in [0.25, 0.3) is 0 Å². The molecule has 34 heavy (non-hydrogen) atoms. The third kappa shape index (κ3) is 3.10. The zero-order valence-electron chi connectivity index (χ0n) is 20.6. The summed E-state index contributed by atoms with van der Waals surface area (Å²) < 4.78 is 0. The lowest BCUT2D eigenvalue weighted by molar-refractivity contribution is -0.143. The Morgan fingerprint density at radius 3 is 1.24 bits per heavy atom. The summed E-state index contributed by atoms with van der Waals surface area (Å²) in [6.45, 7) is 0. The van der Waals surface area contributed by atoms with Gasteiger partial charge < -0.3 is 0 Å². The smallest absolute Gasteiger partial charge is 0.236 e. The van der Waals surface area contributed by atoms with E-state index < -0.39 is 0 Å². The van der Waals surface area contributed by atoms with E-state index in [-0.39, 0.29) is 22.6 Å². The lowest BCUT2D eigenvalue weighted by atomic mass is 9.49. The normalized spacial score (nSPS) is 43.2. The van der Waals surface area contributed by atoms with Crippen LogP contribution in [-0.2, 0) is 9.59 Å². The summed E-state index contributed by atoms with van der Waals surface area (Å²) >= 11 is 0. The van der Waals surface area contributed by atoms with E-state index in [4.69, 9.17) is 0 Å². The number of aromatic nitrogens is 3. The maximum atomic E-state index is 13.8. The average Bonchev–Trinajstić information content (AvgIpc) is 2.80. The molecule has 0 unspecified atom stereocenters. The third-order valence-corrected chi connectivity index (χ3v) is 10.7. The van der Waals surface area contributed by atoms with Crippen molar-refractivity contribution >= 4 is 23.7 Å². The number of hydrogen-bond donors (Lipinski definition) is 0. The maximum Gasteiger partial charge on any atom is 0.236 e. The van der Waals surface area contributed by atoms with Crippen LogP contribution in [0.5, 0.6) is 0 Å². The fraction of sp³-hybridized carbons (Fsp3) is 0.815. The summed E-state index contributed by atoms with van der Waals surface area (Å²) in [6.07, 6.45) is 15.4. The van der Waals surface area contributed by atoms with Gasteiger partial charge in [0, 0.05) is 14.1 Å². The molecular weight excluding hydrogens is 426 g/mol. The molecule has 8 aliphatic rings. The highest BCUT2D eigenvalue weighted by Gasteiger charge is 2.57. The number of anilines is 2. The zero-order valence-corrected chi connectivity index (χ0v) is 20.6.